The van der Waals surface area contributed by atoms with Crippen LogP contribution in [0.15, 0.2) is 42.5 Å². The molecule has 0 aromatic heterocycles. The second-order valence-electron chi connectivity index (χ2n) is 6.63. The molecular weight excluding hydrogens is 404 g/mol. The summed E-state index contributed by atoms with van der Waals surface area (Å²) in [5, 5.41) is 12.7. The molecule has 0 heterocycles. The number of amides is 1. The summed E-state index contributed by atoms with van der Waals surface area (Å²) in [6, 6.07) is 7.25. The van der Waals surface area contributed by atoms with E-state index in [0.717, 1.165) is 12.5 Å². The van der Waals surface area contributed by atoms with E-state index in [2.05, 4.69) is 5.32 Å². The Morgan fingerprint density at radius 2 is 1.55 bits per heavy atom. The molecule has 29 heavy (non-hydrogen) atoms. The molecule has 2 N–H and O–H groups in total. The lowest BCUT2D eigenvalue weighted by Gasteiger charge is -2.23. The van der Waals surface area contributed by atoms with E-state index in [-0.39, 0.29) is 6.07 Å². The Morgan fingerprint density at radius 3 is 2.03 bits per heavy atom. The third-order valence-corrected chi connectivity index (χ3v) is 3.85. The Morgan fingerprint density at radius 1 is 1.00 bits per heavy atom. The number of rotatable bonds is 5. The van der Waals surface area contributed by atoms with Crippen LogP contribution >= 0.6 is 0 Å². The molecule has 0 spiro atoms. The number of anilines is 1. The Balaban J connectivity index is 2.19. The van der Waals surface area contributed by atoms with Gasteiger partial charge in [0.1, 0.15) is 12.4 Å². The second-order valence-corrected chi connectivity index (χ2v) is 6.63. The van der Waals surface area contributed by atoms with Crippen molar-refractivity contribution in [1.29, 1.82) is 0 Å². The smallest absolute Gasteiger partial charge is 0.416 e. The van der Waals surface area contributed by atoms with Crippen molar-refractivity contribution in [2.24, 2.45) is 0 Å². The van der Waals surface area contributed by atoms with E-state index in [0.29, 0.717) is 17.8 Å². The van der Waals surface area contributed by atoms with Gasteiger partial charge in [-0.2, -0.15) is 26.3 Å². The molecule has 0 radical (unpaired) electrons. The summed E-state index contributed by atoms with van der Waals surface area (Å²) in [5.41, 5.74) is -4.18. The lowest BCUT2D eigenvalue weighted by atomic mass is 10.1. The fraction of sp³-hybridized carbons (Fsp3) is 0.316. The lowest BCUT2D eigenvalue weighted by Crippen LogP contribution is -2.45. The predicted molar refractivity (Wildman–Crippen MR) is 92.4 cm³/mol. The minimum absolute atomic E-state index is 0.0462. The highest BCUT2D eigenvalue weighted by molar-refractivity contribution is 5.97. The maximum absolute atomic E-state index is 12.9. The molecule has 1 atom stereocenters. The van der Waals surface area contributed by atoms with Crippen molar-refractivity contribution in [1.82, 2.24) is 0 Å². The zero-order chi connectivity index (χ0) is 22.0. The molecule has 1 unspecified atom stereocenters. The first-order valence-electron chi connectivity index (χ1n) is 8.21. The van der Waals surface area contributed by atoms with Gasteiger partial charge in [0, 0.05) is 5.69 Å². The summed E-state index contributed by atoms with van der Waals surface area (Å²) in [4.78, 5) is 12.2. The molecule has 2 aromatic carbocycles. The minimum atomic E-state index is -5.04. The molecule has 0 fully saturated rings. The zero-order valence-electron chi connectivity index (χ0n) is 15.3. The van der Waals surface area contributed by atoms with Gasteiger partial charge < -0.3 is 15.2 Å². The number of nitrogens with one attached hydrogen (secondary N) is 1. The van der Waals surface area contributed by atoms with Gasteiger partial charge in [-0.15, -0.1) is 0 Å². The van der Waals surface area contributed by atoms with Crippen molar-refractivity contribution in [3.8, 4) is 5.75 Å². The Kier molecular flexibility index (Phi) is 6.17. The lowest BCUT2D eigenvalue weighted by molar-refractivity contribution is -0.143. The van der Waals surface area contributed by atoms with Gasteiger partial charge in [-0.3, -0.25) is 4.79 Å². The number of halogens is 6. The van der Waals surface area contributed by atoms with Crippen molar-refractivity contribution in [3.05, 3.63) is 59.2 Å². The van der Waals surface area contributed by atoms with Crippen LogP contribution in [-0.2, 0) is 17.1 Å². The van der Waals surface area contributed by atoms with Gasteiger partial charge in [0.25, 0.3) is 5.91 Å². The van der Waals surface area contributed by atoms with Gasteiger partial charge in [-0.1, -0.05) is 12.1 Å². The van der Waals surface area contributed by atoms with Crippen molar-refractivity contribution in [2.75, 3.05) is 11.9 Å². The van der Waals surface area contributed by atoms with Crippen molar-refractivity contribution in [3.63, 3.8) is 0 Å². The first kappa shape index (κ1) is 22.5. The number of aliphatic hydroxyl groups is 1. The molecule has 2 aromatic rings. The van der Waals surface area contributed by atoms with Crippen LogP contribution in [-0.4, -0.2) is 23.2 Å². The van der Waals surface area contributed by atoms with E-state index >= 15 is 0 Å². The summed E-state index contributed by atoms with van der Waals surface area (Å²) >= 11 is 0. The maximum atomic E-state index is 12.9. The average molecular weight is 421 g/mol. The van der Waals surface area contributed by atoms with Crippen molar-refractivity contribution < 1.29 is 41.0 Å². The molecule has 0 aliphatic rings. The third kappa shape index (κ3) is 6.11. The van der Waals surface area contributed by atoms with Gasteiger partial charge in [0.05, 0.1) is 11.1 Å². The fourth-order valence-corrected chi connectivity index (χ4v) is 2.29. The average Bonchev–Trinajstić information content (AvgIpc) is 2.58. The third-order valence-electron chi connectivity index (χ3n) is 3.85. The van der Waals surface area contributed by atoms with Crippen LogP contribution in [0, 0.1) is 6.92 Å². The van der Waals surface area contributed by atoms with Crippen LogP contribution in [0.1, 0.15) is 23.6 Å². The topological polar surface area (TPSA) is 58.6 Å². The van der Waals surface area contributed by atoms with Gasteiger partial charge in [-0.25, -0.2) is 0 Å². The Labute approximate surface area is 162 Å². The van der Waals surface area contributed by atoms with Gasteiger partial charge in [0.2, 0.25) is 0 Å². The van der Waals surface area contributed by atoms with Gasteiger partial charge in [0.15, 0.2) is 5.60 Å². The maximum Gasteiger partial charge on any atom is 0.416 e. The van der Waals surface area contributed by atoms with E-state index in [1.165, 1.54) is 0 Å². The highest BCUT2D eigenvalue weighted by atomic mass is 19.4. The number of ether oxygens (including phenoxy) is 1. The van der Waals surface area contributed by atoms with E-state index in [1.54, 1.807) is 31.2 Å². The molecule has 0 saturated heterocycles. The highest BCUT2D eigenvalue weighted by Gasteiger charge is 2.38. The van der Waals surface area contributed by atoms with E-state index in [4.69, 9.17) is 4.74 Å². The number of hydrogen-bond acceptors (Lipinski definition) is 3. The number of hydrogen-bond donors (Lipinski definition) is 2. The van der Waals surface area contributed by atoms with Gasteiger partial charge in [-0.05, 0) is 49.7 Å². The fourth-order valence-electron chi connectivity index (χ4n) is 2.29. The predicted octanol–water partition coefficient (Wildman–Crippen LogP) is 4.80. The molecule has 0 aliphatic heterocycles. The second kappa shape index (κ2) is 7.94. The van der Waals surface area contributed by atoms with Crippen LogP contribution in [0.2, 0.25) is 0 Å². The van der Waals surface area contributed by atoms with Crippen LogP contribution in [0.3, 0.4) is 0 Å². The van der Waals surface area contributed by atoms with Crippen molar-refractivity contribution >= 4 is 11.6 Å². The highest BCUT2D eigenvalue weighted by Crippen LogP contribution is 2.38. The van der Waals surface area contributed by atoms with Crippen LogP contribution < -0.4 is 10.1 Å². The molecule has 10 heteroatoms. The molecule has 1 amide bonds. The Bertz CT molecular complexity index is 858. The van der Waals surface area contributed by atoms with Crippen molar-refractivity contribution in [2.45, 2.75) is 31.8 Å². The molecular formula is C19H17F6NO3. The van der Waals surface area contributed by atoms with Crippen LogP contribution in [0.4, 0.5) is 32.0 Å². The molecule has 0 bridgehead atoms. The monoisotopic (exact) mass is 421 g/mol. The first-order valence-corrected chi connectivity index (χ1v) is 8.21. The standard InChI is InChI=1S/C19H17F6NO3/c1-11-4-3-5-14(6-11)26-16(27)17(2,28)10-29-15-8-12(18(20,21)22)7-13(9-15)19(23,24)25/h3-9,28H,10H2,1-2H3,(H,26,27). The quantitative estimate of drug-likeness (QED) is 0.682. The number of benzene rings is 2. The van der Waals surface area contributed by atoms with E-state index < -0.39 is 47.3 Å². The summed E-state index contributed by atoms with van der Waals surface area (Å²) in [6.07, 6.45) is -10.1. The summed E-state index contributed by atoms with van der Waals surface area (Å²) in [6.45, 7) is 1.92. The summed E-state index contributed by atoms with van der Waals surface area (Å²) in [7, 11) is 0. The van der Waals surface area contributed by atoms with E-state index in [9.17, 15) is 36.2 Å². The Hall–Kier alpha value is -2.75. The SMILES string of the molecule is Cc1cccc(NC(=O)C(C)(O)COc2cc(C(F)(F)F)cc(C(F)(F)F)c2)c1. The minimum Gasteiger partial charge on any atom is -0.490 e. The normalized spacial score (nSPS) is 14.2. The summed E-state index contributed by atoms with van der Waals surface area (Å²) < 4.78 is 82.2. The molecule has 2 rings (SSSR count). The summed E-state index contributed by atoms with van der Waals surface area (Å²) in [5.74, 6) is -1.72. The molecule has 0 aliphatic carbocycles. The molecule has 0 saturated carbocycles. The van der Waals surface area contributed by atoms with Gasteiger partial charge >= 0.3 is 12.4 Å². The largest absolute Gasteiger partial charge is 0.490 e. The first-order chi connectivity index (χ1) is 13.2. The number of carbonyl (C=O) groups is 1. The zero-order valence-corrected chi connectivity index (χ0v) is 15.3. The van der Waals surface area contributed by atoms with Crippen LogP contribution in [0.25, 0.3) is 0 Å². The van der Waals surface area contributed by atoms with E-state index in [1.807, 2.05) is 0 Å². The number of aryl methyl sites for hydroxylation is 1. The molecule has 4 nitrogen and oxygen atoms in total. The van der Waals surface area contributed by atoms with Crippen LogP contribution in [0.5, 0.6) is 5.75 Å². The number of alkyl halides is 6. The molecule has 158 valence electrons. The number of carbonyl (C=O) groups excluding carboxylic acids is 1.